The molecule has 146 valence electrons. The fourth-order valence-corrected chi connectivity index (χ4v) is 4.34. The second kappa shape index (κ2) is 6.74. The van der Waals surface area contributed by atoms with Gasteiger partial charge in [-0.15, -0.1) is 11.3 Å². The summed E-state index contributed by atoms with van der Waals surface area (Å²) in [4.78, 5) is 31.7. The number of carboxylic acid groups (broad SMARTS) is 1. The Kier molecular flexibility index (Phi) is 4.88. The Bertz CT molecular complexity index is 870. The lowest BCUT2D eigenvalue weighted by Gasteiger charge is -2.39. The number of carbonyl (C=O) groups is 2. The number of rotatable bonds is 3. The predicted octanol–water partition coefficient (Wildman–Crippen LogP) is 2.97. The first-order chi connectivity index (χ1) is 12.5. The standard InChI is InChI=1S/C19H26N4O3S/c1-12-15(27-13(2)20-12)16(24)22-10-7-19(8-11-22,17(25)26)23-9-6-14(21-23)18(3,4)5/h6,9H,7-8,10-11H2,1-5H3,(H,25,26). The molecule has 0 radical (unpaired) electrons. The van der Waals surface area contributed by atoms with Crippen molar-refractivity contribution < 1.29 is 14.7 Å². The number of aryl methyl sites for hydroxylation is 2. The number of hydrogen-bond acceptors (Lipinski definition) is 5. The van der Waals surface area contributed by atoms with Gasteiger partial charge in [0.25, 0.3) is 5.91 Å². The van der Waals surface area contributed by atoms with Gasteiger partial charge in [0, 0.05) is 37.5 Å². The molecule has 3 rings (SSSR count). The number of nitrogens with zero attached hydrogens (tertiary/aromatic N) is 4. The summed E-state index contributed by atoms with van der Waals surface area (Å²) in [6.07, 6.45) is 2.41. The quantitative estimate of drug-likeness (QED) is 0.870. The normalized spacial score (nSPS) is 17.1. The van der Waals surface area contributed by atoms with E-state index in [0.29, 0.717) is 30.8 Å². The fourth-order valence-electron chi connectivity index (χ4n) is 3.46. The number of aliphatic carboxylic acids is 1. The van der Waals surface area contributed by atoms with Crippen LogP contribution in [0.4, 0.5) is 0 Å². The Labute approximate surface area is 163 Å². The first-order valence-corrected chi connectivity index (χ1v) is 9.89. The van der Waals surface area contributed by atoms with Crippen LogP contribution in [0.25, 0.3) is 0 Å². The van der Waals surface area contributed by atoms with Crippen molar-refractivity contribution >= 4 is 23.2 Å². The van der Waals surface area contributed by atoms with Crippen molar-refractivity contribution in [2.24, 2.45) is 0 Å². The van der Waals surface area contributed by atoms with Crippen LogP contribution in [0.5, 0.6) is 0 Å². The van der Waals surface area contributed by atoms with Crippen LogP contribution < -0.4 is 0 Å². The molecule has 27 heavy (non-hydrogen) atoms. The van der Waals surface area contributed by atoms with Gasteiger partial charge >= 0.3 is 5.97 Å². The highest BCUT2D eigenvalue weighted by atomic mass is 32.1. The topological polar surface area (TPSA) is 88.3 Å². The molecule has 0 bridgehead atoms. The summed E-state index contributed by atoms with van der Waals surface area (Å²) >= 11 is 1.39. The van der Waals surface area contributed by atoms with E-state index in [-0.39, 0.29) is 11.3 Å². The van der Waals surface area contributed by atoms with Gasteiger partial charge < -0.3 is 10.0 Å². The van der Waals surface area contributed by atoms with Crippen molar-refractivity contribution in [2.45, 2.75) is 58.4 Å². The van der Waals surface area contributed by atoms with Crippen molar-refractivity contribution in [3.8, 4) is 0 Å². The smallest absolute Gasteiger partial charge is 0.331 e. The Morgan fingerprint density at radius 2 is 1.85 bits per heavy atom. The van der Waals surface area contributed by atoms with Crippen LogP contribution in [0.1, 0.15) is 59.7 Å². The van der Waals surface area contributed by atoms with E-state index in [0.717, 1.165) is 16.4 Å². The fraction of sp³-hybridized carbons (Fsp3) is 0.579. The van der Waals surface area contributed by atoms with Crippen molar-refractivity contribution in [3.05, 3.63) is 33.5 Å². The lowest BCUT2D eigenvalue weighted by molar-refractivity contribution is -0.150. The summed E-state index contributed by atoms with van der Waals surface area (Å²) in [5.74, 6) is -0.962. The van der Waals surface area contributed by atoms with Crippen molar-refractivity contribution in [1.82, 2.24) is 19.7 Å². The molecule has 8 heteroatoms. The SMILES string of the molecule is Cc1nc(C)c(C(=O)N2CCC(C(=O)O)(n3ccc(C(C)(C)C)n3)CC2)s1. The van der Waals surface area contributed by atoms with E-state index in [1.807, 2.05) is 40.7 Å². The molecule has 7 nitrogen and oxygen atoms in total. The van der Waals surface area contributed by atoms with Crippen LogP contribution in [0.15, 0.2) is 12.3 Å². The molecule has 1 saturated heterocycles. The molecular formula is C19H26N4O3S. The van der Waals surface area contributed by atoms with Crippen molar-refractivity contribution in [1.29, 1.82) is 0 Å². The van der Waals surface area contributed by atoms with Crippen LogP contribution >= 0.6 is 11.3 Å². The zero-order valence-electron chi connectivity index (χ0n) is 16.4. The predicted molar refractivity (Wildman–Crippen MR) is 103 cm³/mol. The Morgan fingerprint density at radius 3 is 2.30 bits per heavy atom. The maximum atomic E-state index is 12.8. The first kappa shape index (κ1) is 19.5. The van der Waals surface area contributed by atoms with E-state index in [4.69, 9.17) is 0 Å². The van der Waals surface area contributed by atoms with E-state index in [2.05, 4.69) is 10.1 Å². The summed E-state index contributed by atoms with van der Waals surface area (Å²) in [5, 5.41) is 15.4. The summed E-state index contributed by atoms with van der Waals surface area (Å²) in [7, 11) is 0. The number of hydrogen-bond donors (Lipinski definition) is 1. The third-order valence-corrected chi connectivity index (χ3v) is 6.23. The minimum atomic E-state index is -1.11. The van der Waals surface area contributed by atoms with Crippen LogP contribution in [0, 0.1) is 13.8 Å². The molecule has 0 unspecified atom stereocenters. The molecule has 1 fully saturated rings. The van der Waals surface area contributed by atoms with Crippen LogP contribution in [-0.4, -0.2) is 49.7 Å². The highest BCUT2D eigenvalue weighted by molar-refractivity contribution is 7.13. The lowest BCUT2D eigenvalue weighted by atomic mass is 9.87. The molecule has 1 N–H and O–H groups in total. The molecule has 0 saturated carbocycles. The number of thiazole rings is 1. The number of likely N-dealkylation sites (tertiary alicyclic amines) is 1. The Morgan fingerprint density at radius 1 is 1.22 bits per heavy atom. The highest BCUT2D eigenvalue weighted by Gasteiger charge is 2.45. The lowest BCUT2D eigenvalue weighted by Crippen LogP contribution is -2.52. The molecule has 2 aromatic heterocycles. The van der Waals surface area contributed by atoms with Gasteiger partial charge in [-0.3, -0.25) is 9.48 Å². The van der Waals surface area contributed by atoms with Crippen LogP contribution in [-0.2, 0) is 15.7 Å². The summed E-state index contributed by atoms with van der Waals surface area (Å²) in [6.45, 7) is 10.6. The minimum absolute atomic E-state index is 0.0621. The van der Waals surface area contributed by atoms with E-state index in [9.17, 15) is 14.7 Å². The van der Waals surface area contributed by atoms with E-state index >= 15 is 0 Å². The second-order valence-electron chi connectivity index (χ2n) is 8.17. The van der Waals surface area contributed by atoms with Crippen LogP contribution in [0.3, 0.4) is 0 Å². The molecule has 0 aromatic carbocycles. The van der Waals surface area contributed by atoms with Gasteiger partial charge in [-0.1, -0.05) is 20.8 Å². The molecule has 1 aliphatic heterocycles. The summed E-state index contributed by atoms with van der Waals surface area (Å²) in [5.41, 5.74) is 0.333. The van der Waals surface area contributed by atoms with Gasteiger partial charge in [-0.2, -0.15) is 5.10 Å². The summed E-state index contributed by atoms with van der Waals surface area (Å²) < 4.78 is 1.58. The largest absolute Gasteiger partial charge is 0.479 e. The third kappa shape index (κ3) is 3.50. The Hall–Kier alpha value is -2.22. The van der Waals surface area contributed by atoms with Crippen molar-refractivity contribution in [2.75, 3.05) is 13.1 Å². The molecule has 0 atom stereocenters. The van der Waals surface area contributed by atoms with E-state index < -0.39 is 11.5 Å². The molecular weight excluding hydrogens is 364 g/mol. The van der Waals surface area contributed by atoms with Gasteiger partial charge in [-0.05, 0) is 19.9 Å². The second-order valence-corrected chi connectivity index (χ2v) is 9.38. The van der Waals surface area contributed by atoms with Crippen LogP contribution in [0.2, 0.25) is 0 Å². The summed E-state index contributed by atoms with van der Waals surface area (Å²) in [6, 6.07) is 1.88. The number of aromatic nitrogens is 3. The van der Waals surface area contributed by atoms with Gasteiger partial charge in [-0.25, -0.2) is 9.78 Å². The van der Waals surface area contributed by atoms with Gasteiger partial charge in [0.05, 0.1) is 16.4 Å². The van der Waals surface area contributed by atoms with Crippen molar-refractivity contribution in [3.63, 3.8) is 0 Å². The first-order valence-electron chi connectivity index (χ1n) is 9.08. The monoisotopic (exact) mass is 390 g/mol. The highest BCUT2D eigenvalue weighted by Crippen LogP contribution is 2.33. The number of carboxylic acids is 1. The molecule has 1 amide bonds. The van der Waals surface area contributed by atoms with Gasteiger partial charge in [0.15, 0.2) is 5.54 Å². The average Bonchev–Trinajstić information content (AvgIpc) is 3.21. The number of piperidine rings is 1. The molecule has 1 aliphatic rings. The Balaban J connectivity index is 1.82. The van der Waals surface area contributed by atoms with Gasteiger partial charge in [0.1, 0.15) is 4.88 Å². The minimum Gasteiger partial charge on any atom is -0.479 e. The molecule has 0 spiro atoms. The van der Waals surface area contributed by atoms with E-state index in [1.165, 1.54) is 11.3 Å². The molecule has 3 heterocycles. The van der Waals surface area contributed by atoms with Gasteiger partial charge in [0.2, 0.25) is 0 Å². The molecule has 2 aromatic rings. The third-order valence-electron chi connectivity index (χ3n) is 5.17. The zero-order chi connectivity index (χ0) is 20.0. The maximum absolute atomic E-state index is 12.8. The molecule has 0 aliphatic carbocycles. The maximum Gasteiger partial charge on any atom is 0.331 e. The van der Waals surface area contributed by atoms with E-state index in [1.54, 1.807) is 15.8 Å². The number of amides is 1. The number of carbonyl (C=O) groups excluding carboxylic acids is 1. The zero-order valence-corrected chi connectivity index (χ0v) is 17.3. The average molecular weight is 391 g/mol.